The molecule has 0 aromatic rings. The van der Waals surface area contributed by atoms with E-state index in [1.165, 1.54) is 32.1 Å². The molecule has 1 saturated heterocycles. The molecule has 1 saturated carbocycles. The van der Waals surface area contributed by atoms with Gasteiger partial charge in [-0.25, -0.2) is 0 Å². The third-order valence-electron chi connectivity index (χ3n) is 4.49. The minimum Gasteiger partial charge on any atom is -0.323 e. The molecule has 1 amide bonds. The minimum absolute atomic E-state index is 0.0560. The molecule has 0 radical (unpaired) electrons. The SMILES string of the molecule is CCC1NC(C)N(C2CCCCCC2C)C1=O. The summed E-state index contributed by atoms with van der Waals surface area (Å²) in [7, 11) is 0. The molecule has 4 atom stereocenters. The van der Waals surface area contributed by atoms with Crippen LogP contribution < -0.4 is 5.32 Å². The van der Waals surface area contributed by atoms with Gasteiger partial charge in [-0.05, 0) is 32.1 Å². The normalized spacial score (nSPS) is 39.5. The number of carbonyl (C=O) groups excluding carboxylic acids is 1. The molecule has 3 heteroatoms. The molecule has 0 aromatic carbocycles. The summed E-state index contributed by atoms with van der Waals surface area (Å²) in [5.74, 6) is 0.986. The summed E-state index contributed by atoms with van der Waals surface area (Å²) in [5.41, 5.74) is 0. The fraction of sp³-hybridized carbons (Fsp3) is 0.929. The van der Waals surface area contributed by atoms with E-state index in [-0.39, 0.29) is 12.2 Å². The summed E-state index contributed by atoms with van der Waals surface area (Å²) in [4.78, 5) is 14.5. The largest absolute Gasteiger partial charge is 0.323 e. The third kappa shape index (κ3) is 2.49. The van der Waals surface area contributed by atoms with Crippen molar-refractivity contribution in [1.29, 1.82) is 0 Å². The van der Waals surface area contributed by atoms with E-state index in [2.05, 4.69) is 31.0 Å². The quantitative estimate of drug-likeness (QED) is 0.750. The Hall–Kier alpha value is -0.570. The van der Waals surface area contributed by atoms with Crippen molar-refractivity contribution in [1.82, 2.24) is 10.2 Å². The van der Waals surface area contributed by atoms with Crippen LogP contribution in [0.4, 0.5) is 0 Å². The summed E-state index contributed by atoms with van der Waals surface area (Å²) < 4.78 is 0. The highest BCUT2D eigenvalue weighted by Crippen LogP contribution is 2.30. The second-order valence-electron chi connectivity index (χ2n) is 5.73. The van der Waals surface area contributed by atoms with Gasteiger partial charge in [0.15, 0.2) is 0 Å². The van der Waals surface area contributed by atoms with Gasteiger partial charge in [-0.15, -0.1) is 0 Å². The number of nitrogens with one attached hydrogen (secondary N) is 1. The van der Waals surface area contributed by atoms with Crippen molar-refractivity contribution >= 4 is 5.91 Å². The van der Waals surface area contributed by atoms with E-state index in [1.54, 1.807) is 0 Å². The van der Waals surface area contributed by atoms with E-state index in [0.29, 0.717) is 17.9 Å². The number of nitrogens with zero attached hydrogens (tertiary/aromatic N) is 1. The second kappa shape index (κ2) is 5.38. The molecule has 1 N–H and O–H groups in total. The lowest BCUT2D eigenvalue weighted by Gasteiger charge is -2.34. The van der Waals surface area contributed by atoms with E-state index in [1.807, 2.05) is 0 Å². The minimum atomic E-state index is 0.0560. The molecular weight excluding hydrogens is 212 g/mol. The smallest absolute Gasteiger partial charge is 0.241 e. The van der Waals surface area contributed by atoms with Gasteiger partial charge in [0.05, 0.1) is 12.2 Å². The number of hydrogen-bond donors (Lipinski definition) is 1. The van der Waals surface area contributed by atoms with Crippen LogP contribution in [0.5, 0.6) is 0 Å². The van der Waals surface area contributed by atoms with Crippen LogP contribution in [0.25, 0.3) is 0 Å². The Morgan fingerprint density at radius 2 is 1.94 bits per heavy atom. The van der Waals surface area contributed by atoms with Crippen molar-refractivity contribution in [2.75, 3.05) is 0 Å². The van der Waals surface area contributed by atoms with Crippen molar-refractivity contribution in [2.24, 2.45) is 5.92 Å². The van der Waals surface area contributed by atoms with Gasteiger partial charge in [0.25, 0.3) is 0 Å². The van der Waals surface area contributed by atoms with Crippen LogP contribution in [0.2, 0.25) is 0 Å². The molecule has 0 bridgehead atoms. The molecule has 98 valence electrons. The molecule has 2 aliphatic rings. The van der Waals surface area contributed by atoms with Crippen LogP contribution in [0.15, 0.2) is 0 Å². The predicted octanol–water partition coefficient (Wildman–Crippen LogP) is 2.51. The number of rotatable bonds is 2. The van der Waals surface area contributed by atoms with Crippen LogP contribution in [-0.2, 0) is 4.79 Å². The number of amides is 1. The average molecular weight is 238 g/mol. The van der Waals surface area contributed by atoms with Gasteiger partial charge in [-0.3, -0.25) is 10.1 Å². The lowest BCUT2D eigenvalue weighted by atomic mass is 9.95. The zero-order valence-corrected chi connectivity index (χ0v) is 11.4. The summed E-state index contributed by atoms with van der Waals surface area (Å²) in [5, 5.41) is 3.42. The maximum Gasteiger partial charge on any atom is 0.241 e. The highest BCUT2D eigenvalue weighted by atomic mass is 16.2. The van der Waals surface area contributed by atoms with Gasteiger partial charge in [0, 0.05) is 6.04 Å². The standard InChI is InChI=1S/C14H26N2O/c1-4-12-14(17)16(11(3)15-12)13-9-7-5-6-8-10(13)2/h10-13,15H,4-9H2,1-3H3. The van der Waals surface area contributed by atoms with Gasteiger partial charge in [-0.2, -0.15) is 0 Å². The van der Waals surface area contributed by atoms with E-state index >= 15 is 0 Å². The Balaban J connectivity index is 2.11. The molecule has 2 fully saturated rings. The van der Waals surface area contributed by atoms with Crippen molar-refractivity contribution < 1.29 is 4.79 Å². The van der Waals surface area contributed by atoms with Gasteiger partial charge in [0.2, 0.25) is 5.91 Å². The Morgan fingerprint density at radius 1 is 1.24 bits per heavy atom. The predicted molar refractivity (Wildman–Crippen MR) is 69.6 cm³/mol. The monoisotopic (exact) mass is 238 g/mol. The van der Waals surface area contributed by atoms with Crippen LogP contribution in [0, 0.1) is 5.92 Å². The molecule has 2 rings (SSSR count). The van der Waals surface area contributed by atoms with E-state index < -0.39 is 0 Å². The summed E-state index contributed by atoms with van der Waals surface area (Å²) >= 11 is 0. The maximum atomic E-state index is 12.4. The Labute approximate surface area is 105 Å². The maximum absolute atomic E-state index is 12.4. The Kier molecular flexibility index (Phi) is 4.08. The fourth-order valence-corrected chi connectivity index (χ4v) is 3.44. The molecule has 3 nitrogen and oxygen atoms in total. The molecule has 4 unspecified atom stereocenters. The molecule has 0 spiro atoms. The first-order chi connectivity index (χ1) is 8.15. The Morgan fingerprint density at radius 3 is 2.59 bits per heavy atom. The van der Waals surface area contributed by atoms with Crippen molar-refractivity contribution in [3.05, 3.63) is 0 Å². The first-order valence-electron chi connectivity index (χ1n) is 7.23. The number of carbonyl (C=O) groups is 1. The summed E-state index contributed by atoms with van der Waals surface area (Å²) in [6, 6.07) is 0.518. The molecular formula is C14H26N2O. The second-order valence-corrected chi connectivity index (χ2v) is 5.73. The first kappa shape index (κ1) is 12.9. The van der Waals surface area contributed by atoms with Crippen LogP contribution in [0.3, 0.4) is 0 Å². The molecule has 1 aliphatic carbocycles. The van der Waals surface area contributed by atoms with Gasteiger partial charge >= 0.3 is 0 Å². The van der Waals surface area contributed by atoms with E-state index in [4.69, 9.17) is 0 Å². The van der Waals surface area contributed by atoms with Crippen molar-refractivity contribution in [2.45, 2.75) is 77.5 Å². The lowest BCUT2D eigenvalue weighted by molar-refractivity contribution is -0.133. The summed E-state index contributed by atoms with van der Waals surface area (Å²) in [6.45, 7) is 6.53. The molecule has 17 heavy (non-hydrogen) atoms. The van der Waals surface area contributed by atoms with E-state index in [9.17, 15) is 4.79 Å². The number of hydrogen-bond acceptors (Lipinski definition) is 2. The molecule has 1 aliphatic heterocycles. The average Bonchev–Trinajstić information content (AvgIpc) is 2.48. The third-order valence-corrected chi connectivity index (χ3v) is 4.49. The van der Waals surface area contributed by atoms with Gasteiger partial charge in [-0.1, -0.05) is 33.1 Å². The highest BCUT2D eigenvalue weighted by Gasteiger charge is 2.41. The van der Waals surface area contributed by atoms with E-state index in [0.717, 1.165) is 6.42 Å². The van der Waals surface area contributed by atoms with Crippen molar-refractivity contribution in [3.8, 4) is 0 Å². The van der Waals surface area contributed by atoms with Crippen LogP contribution in [-0.4, -0.2) is 29.1 Å². The van der Waals surface area contributed by atoms with Crippen LogP contribution >= 0.6 is 0 Å². The van der Waals surface area contributed by atoms with Gasteiger partial charge in [0.1, 0.15) is 0 Å². The van der Waals surface area contributed by atoms with Gasteiger partial charge < -0.3 is 4.90 Å². The highest BCUT2D eigenvalue weighted by molar-refractivity contribution is 5.84. The van der Waals surface area contributed by atoms with Crippen LogP contribution in [0.1, 0.15) is 59.3 Å². The molecule has 0 aromatic heterocycles. The zero-order valence-electron chi connectivity index (χ0n) is 11.4. The zero-order chi connectivity index (χ0) is 12.4. The Bertz CT molecular complexity index is 279. The topological polar surface area (TPSA) is 32.3 Å². The first-order valence-corrected chi connectivity index (χ1v) is 7.23. The summed E-state index contributed by atoms with van der Waals surface area (Å²) in [6.07, 6.45) is 7.54. The molecule has 1 heterocycles. The fourth-order valence-electron chi connectivity index (χ4n) is 3.44. The lowest BCUT2D eigenvalue weighted by Crippen LogP contribution is -2.46. The van der Waals surface area contributed by atoms with Crippen molar-refractivity contribution in [3.63, 3.8) is 0 Å².